The molecule has 3 nitrogen and oxygen atoms in total. The van der Waals surface area contributed by atoms with Gasteiger partial charge in [0.2, 0.25) is 0 Å². The van der Waals surface area contributed by atoms with Crippen LogP contribution in [0, 0.1) is 17.2 Å². The summed E-state index contributed by atoms with van der Waals surface area (Å²) in [6, 6.07) is 19.0. The van der Waals surface area contributed by atoms with E-state index in [2.05, 4.69) is 65.2 Å². The van der Waals surface area contributed by atoms with Crippen molar-refractivity contribution in [1.82, 2.24) is 9.47 Å². The first-order valence-corrected chi connectivity index (χ1v) is 8.97. The van der Waals surface area contributed by atoms with Gasteiger partial charge in [0.05, 0.1) is 11.6 Å². The number of hydrogen-bond acceptors (Lipinski definition) is 2. The molecule has 0 aliphatic carbocycles. The predicted molar refractivity (Wildman–Crippen MR) is 101 cm³/mol. The zero-order chi connectivity index (χ0) is 17.2. The fourth-order valence-corrected chi connectivity index (χ4v) is 4.08. The van der Waals surface area contributed by atoms with E-state index in [9.17, 15) is 5.26 Å². The summed E-state index contributed by atoms with van der Waals surface area (Å²) in [7, 11) is 2.09. The average molecular weight is 329 g/mol. The predicted octanol–water partition coefficient (Wildman–Crippen LogP) is 4.11. The van der Waals surface area contributed by atoms with Crippen LogP contribution in [0.2, 0.25) is 0 Å². The summed E-state index contributed by atoms with van der Waals surface area (Å²) in [6.45, 7) is 3.38. The Kier molecular flexibility index (Phi) is 4.29. The quantitative estimate of drug-likeness (QED) is 0.721. The molecule has 0 spiro atoms. The van der Waals surface area contributed by atoms with Gasteiger partial charge in [-0.25, -0.2) is 0 Å². The van der Waals surface area contributed by atoms with Gasteiger partial charge in [0.15, 0.2) is 0 Å². The minimum absolute atomic E-state index is 0.694. The topological polar surface area (TPSA) is 32.0 Å². The van der Waals surface area contributed by atoms with Gasteiger partial charge in [-0.1, -0.05) is 30.3 Å². The Morgan fingerprint density at radius 1 is 1.16 bits per heavy atom. The molecule has 1 aliphatic heterocycles. The Bertz CT molecular complexity index is 918. The third-order valence-electron chi connectivity index (χ3n) is 5.33. The van der Waals surface area contributed by atoms with Gasteiger partial charge in [0.1, 0.15) is 0 Å². The molecule has 2 aromatic carbocycles. The summed E-state index contributed by atoms with van der Waals surface area (Å²) in [5.74, 6) is 0.694. The molecule has 1 unspecified atom stereocenters. The molecule has 0 radical (unpaired) electrons. The number of rotatable bonds is 4. The van der Waals surface area contributed by atoms with Gasteiger partial charge in [-0.15, -0.1) is 0 Å². The van der Waals surface area contributed by atoms with E-state index < -0.39 is 0 Å². The number of fused-ring (bicyclic) bond motifs is 1. The number of likely N-dealkylation sites (tertiary alicyclic amines) is 1. The molecule has 0 N–H and O–H groups in total. The summed E-state index contributed by atoms with van der Waals surface area (Å²) in [4.78, 5) is 2.56. The van der Waals surface area contributed by atoms with Crippen LogP contribution in [-0.2, 0) is 20.0 Å². The van der Waals surface area contributed by atoms with Crippen molar-refractivity contribution in [2.24, 2.45) is 13.0 Å². The van der Waals surface area contributed by atoms with E-state index in [1.54, 1.807) is 0 Å². The molecule has 1 aliphatic rings. The van der Waals surface area contributed by atoms with Crippen LogP contribution < -0.4 is 0 Å². The van der Waals surface area contributed by atoms with E-state index in [-0.39, 0.29) is 0 Å². The van der Waals surface area contributed by atoms with Crippen molar-refractivity contribution in [3.05, 3.63) is 71.4 Å². The largest absolute Gasteiger partial charge is 0.350 e. The van der Waals surface area contributed by atoms with Gasteiger partial charge >= 0.3 is 0 Å². The van der Waals surface area contributed by atoms with Crippen molar-refractivity contribution in [2.75, 3.05) is 13.1 Å². The van der Waals surface area contributed by atoms with Crippen LogP contribution in [0.1, 0.15) is 23.1 Å². The van der Waals surface area contributed by atoms with Crippen molar-refractivity contribution >= 4 is 10.9 Å². The van der Waals surface area contributed by atoms with Gasteiger partial charge in [0.25, 0.3) is 0 Å². The number of benzene rings is 2. The maximum Gasteiger partial charge on any atom is 0.0991 e. The SMILES string of the molecule is Cn1cc(CC2CCN(Cc3ccccc3)C2)c2cc(C#N)ccc21. The van der Waals surface area contributed by atoms with Gasteiger partial charge in [-0.2, -0.15) is 5.26 Å². The highest BCUT2D eigenvalue weighted by Gasteiger charge is 2.23. The molecule has 3 aromatic rings. The first kappa shape index (κ1) is 15.9. The number of hydrogen-bond donors (Lipinski definition) is 0. The highest BCUT2D eigenvalue weighted by atomic mass is 15.1. The molecule has 3 heteroatoms. The smallest absolute Gasteiger partial charge is 0.0991 e. The maximum atomic E-state index is 9.19. The lowest BCUT2D eigenvalue weighted by atomic mass is 9.98. The molecule has 1 atom stereocenters. The van der Waals surface area contributed by atoms with Gasteiger partial charge in [-0.05, 0) is 54.6 Å². The molecule has 1 fully saturated rings. The highest BCUT2D eigenvalue weighted by molar-refractivity contribution is 5.85. The highest BCUT2D eigenvalue weighted by Crippen LogP contribution is 2.28. The Morgan fingerprint density at radius 3 is 2.80 bits per heavy atom. The van der Waals surface area contributed by atoms with Crippen LogP contribution in [0.3, 0.4) is 0 Å². The molecule has 0 amide bonds. The second-order valence-electron chi connectivity index (χ2n) is 7.19. The lowest BCUT2D eigenvalue weighted by molar-refractivity contribution is 0.316. The summed E-state index contributed by atoms with van der Waals surface area (Å²) in [5, 5.41) is 10.4. The lowest BCUT2D eigenvalue weighted by Gasteiger charge is -2.16. The summed E-state index contributed by atoms with van der Waals surface area (Å²) in [5.41, 5.74) is 4.73. The Hall–Kier alpha value is -2.57. The zero-order valence-corrected chi connectivity index (χ0v) is 14.7. The van der Waals surface area contributed by atoms with Gasteiger partial charge in [-0.3, -0.25) is 4.90 Å². The number of nitriles is 1. The average Bonchev–Trinajstić information content (AvgIpc) is 3.20. The van der Waals surface area contributed by atoms with Crippen LogP contribution in [0.15, 0.2) is 54.7 Å². The van der Waals surface area contributed by atoms with E-state index >= 15 is 0 Å². The monoisotopic (exact) mass is 329 g/mol. The molecular formula is C22H23N3. The summed E-state index contributed by atoms with van der Waals surface area (Å²) in [6.07, 6.45) is 4.59. The van der Waals surface area contributed by atoms with Crippen molar-refractivity contribution < 1.29 is 0 Å². The molecule has 0 saturated carbocycles. The molecule has 4 rings (SSSR count). The third-order valence-corrected chi connectivity index (χ3v) is 5.33. The Morgan fingerprint density at radius 2 is 2.00 bits per heavy atom. The molecule has 25 heavy (non-hydrogen) atoms. The molecule has 1 saturated heterocycles. The van der Waals surface area contributed by atoms with E-state index in [0.29, 0.717) is 5.92 Å². The third kappa shape index (κ3) is 3.31. The molecule has 126 valence electrons. The summed E-state index contributed by atoms with van der Waals surface area (Å²) >= 11 is 0. The number of nitrogens with zero attached hydrogens (tertiary/aromatic N) is 3. The molecule has 1 aromatic heterocycles. The Labute approximate surface area is 149 Å². The van der Waals surface area contributed by atoms with E-state index in [1.165, 1.54) is 35.0 Å². The molecular weight excluding hydrogens is 306 g/mol. The normalized spacial score (nSPS) is 17.8. The fourth-order valence-electron chi connectivity index (χ4n) is 4.08. The van der Waals surface area contributed by atoms with Crippen LogP contribution in [-0.4, -0.2) is 22.6 Å². The summed E-state index contributed by atoms with van der Waals surface area (Å²) < 4.78 is 2.18. The van der Waals surface area contributed by atoms with Crippen LogP contribution >= 0.6 is 0 Å². The molecule has 0 bridgehead atoms. The number of aryl methyl sites for hydroxylation is 1. The van der Waals surface area contributed by atoms with Crippen molar-refractivity contribution in [2.45, 2.75) is 19.4 Å². The minimum Gasteiger partial charge on any atom is -0.350 e. The lowest BCUT2D eigenvalue weighted by Crippen LogP contribution is -2.20. The van der Waals surface area contributed by atoms with Crippen LogP contribution in [0.25, 0.3) is 10.9 Å². The first-order chi connectivity index (χ1) is 12.2. The first-order valence-electron chi connectivity index (χ1n) is 8.97. The fraction of sp³-hybridized carbons (Fsp3) is 0.318. The minimum atomic E-state index is 0.694. The van der Waals surface area contributed by atoms with E-state index in [0.717, 1.165) is 25.1 Å². The van der Waals surface area contributed by atoms with Gasteiger partial charge < -0.3 is 4.57 Å². The van der Waals surface area contributed by atoms with Crippen molar-refractivity contribution in [3.8, 4) is 6.07 Å². The van der Waals surface area contributed by atoms with Crippen LogP contribution in [0.5, 0.6) is 0 Å². The van der Waals surface area contributed by atoms with Crippen LogP contribution in [0.4, 0.5) is 0 Å². The second-order valence-corrected chi connectivity index (χ2v) is 7.19. The standard InChI is InChI=1S/C22H23N3/c1-24-16-20(21-12-18(13-23)7-8-22(21)24)11-19-9-10-25(15-19)14-17-5-3-2-4-6-17/h2-8,12,16,19H,9-11,14-15H2,1H3. The maximum absolute atomic E-state index is 9.19. The van der Waals surface area contributed by atoms with E-state index in [4.69, 9.17) is 0 Å². The zero-order valence-electron chi connectivity index (χ0n) is 14.7. The molecule has 2 heterocycles. The van der Waals surface area contributed by atoms with Gasteiger partial charge in [0, 0.05) is 37.2 Å². The van der Waals surface area contributed by atoms with Crippen molar-refractivity contribution in [1.29, 1.82) is 5.26 Å². The Balaban J connectivity index is 1.48. The van der Waals surface area contributed by atoms with E-state index in [1.807, 2.05) is 12.1 Å². The number of aromatic nitrogens is 1. The van der Waals surface area contributed by atoms with Crippen molar-refractivity contribution in [3.63, 3.8) is 0 Å². The second kappa shape index (κ2) is 6.74.